The molecule has 0 aliphatic carbocycles. The van der Waals surface area contributed by atoms with Crippen LogP contribution < -0.4 is 0 Å². The molecule has 2 aliphatic rings. The third-order valence-electron chi connectivity index (χ3n) is 4.33. The highest BCUT2D eigenvalue weighted by atomic mass is 16.5. The second-order valence-corrected chi connectivity index (χ2v) is 5.83. The largest absolute Gasteiger partial charge is 0.381 e. The molecule has 2 fully saturated rings. The number of amides is 3. The molecule has 2 heterocycles. The zero-order valence-electron chi connectivity index (χ0n) is 12.7. The lowest BCUT2D eigenvalue weighted by molar-refractivity contribution is -0.128. The smallest absolute Gasteiger partial charge is 0.327 e. The van der Waals surface area contributed by atoms with Gasteiger partial charge in [-0.25, -0.2) is 4.79 Å². The summed E-state index contributed by atoms with van der Waals surface area (Å²) in [6, 6.07) is 9.90. The van der Waals surface area contributed by atoms with Gasteiger partial charge >= 0.3 is 6.03 Å². The summed E-state index contributed by atoms with van der Waals surface area (Å²) in [4.78, 5) is 27.3. The number of ether oxygens (including phenoxy) is 1. The topological polar surface area (TPSA) is 49.9 Å². The van der Waals surface area contributed by atoms with Gasteiger partial charge in [0, 0.05) is 19.7 Å². The summed E-state index contributed by atoms with van der Waals surface area (Å²) in [5, 5.41) is 0. The predicted molar refractivity (Wildman–Crippen MR) is 82.4 cm³/mol. The number of carbonyl (C=O) groups is 2. The number of hydrogen-bond donors (Lipinski definition) is 0. The maximum Gasteiger partial charge on any atom is 0.327 e. The van der Waals surface area contributed by atoms with E-state index in [0.717, 1.165) is 25.8 Å². The van der Waals surface area contributed by atoms with E-state index in [-0.39, 0.29) is 18.0 Å². The van der Waals surface area contributed by atoms with Crippen molar-refractivity contribution in [3.63, 3.8) is 0 Å². The molecule has 0 saturated carbocycles. The Kier molecular flexibility index (Phi) is 4.73. The van der Waals surface area contributed by atoms with Crippen molar-refractivity contribution in [3.8, 4) is 0 Å². The molecule has 118 valence electrons. The Morgan fingerprint density at radius 2 is 1.95 bits per heavy atom. The van der Waals surface area contributed by atoms with Crippen LogP contribution in [0.15, 0.2) is 30.3 Å². The average molecular weight is 302 g/mol. The summed E-state index contributed by atoms with van der Waals surface area (Å²) in [5.74, 6) is -0.0215. The summed E-state index contributed by atoms with van der Waals surface area (Å²) in [6.45, 7) is 2.44. The molecule has 0 spiro atoms. The molecule has 0 N–H and O–H groups in total. The van der Waals surface area contributed by atoms with Crippen LogP contribution in [0.4, 0.5) is 4.79 Å². The molecule has 22 heavy (non-hydrogen) atoms. The fourth-order valence-corrected chi connectivity index (χ4v) is 3.15. The Morgan fingerprint density at radius 3 is 2.73 bits per heavy atom. The first-order chi connectivity index (χ1) is 10.8. The first-order valence-corrected chi connectivity index (χ1v) is 8.01. The van der Waals surface area contributed by atoms with Gasteiger partial charge in [0.25, 0.3) is 5.91 Å². The van der Waals surface area contributed by atoms with E-state index in [1.807, 2.05) is 18.2 Å². The quantitative estimate of drug-likeness (QED) is 0.572. The predicted octanol–water partition coefficient (Wildman–Crippen LogP) is 2.06. The second kappa shape index (κ2) is 6.92. The SMILES string of the molecule is O=C1C2CCCN2C(=O)N1CCCOCCc1ccccc1. The van der Waals surface area contributed by atoms with E-state index < -0.39 is 0 Å². The van der Waals surface area contributed by atoms with E-state index in [9.17, 15) is 9.59 Å². The lowest BCUT2D eigenvalue weighted by Gasteiger charge is -2.15. The third kappa shape index (κ3) is 3.14. The van der Waals surface area contributed by atoms with Crippen LogP contribution in [0.1, 0.15) is 24.8 Å². The van der Waals surface area contributed by atoms with Crippen LogP contribution in [0.25, 0.3) is 0 Å². The highest BCUT2D eigenvalue weighted by molar-refractivity contribution is 6.04. The van der Waals surface area contributed by atoms with Gasteiger partial charge in [-0.3, -0.25) is 9.69 Å². The highest BCUT2D eigenvalue weighted by Crippen LogP contribution is 2.27. The minimum atomic E-state index is -0.188. The number of benzene rings is 1. The molecule has 0 radical (unpaired) electrons. The first-order valence-electron chi connectivity index (χ1n) is 8.01. The maximum atomic E-state index is 12.1. The molecule has 2 aliphatic heterocycles. The number of hydrogen-bond acceptors (Lipinski definition) is 3. The number of urea groups is 1. The molecule has 2 saturated heterocycles. The van der Waals surface area contributed by atoms with Gasteiger partial charge in [0.2, 0.25) is 0 Å². The van der Waals surface area contributed by atoms with Crippen molar-refractivity contribution in [2.45, 2.75) is 31.7 Å². The van der Waals surface area contributed by atoms with Crippen LogP contribution in [0.5, 0.6) is 0 Å². The molecule has 1 unspecified atom stereocenters. The van der Waals surface area contributed by atoms with E-state index in [0.29, 0.717) is 26.2 Å². The van der Waals surface area contributed by atoms with Crippen molar-refractivity contribution >= 4 is 11.9 Å². The molecule has 1 atom stereocenters. The van der Waals surface area contributed by atoms with Gasteiger partial charge in [-0.1, -0.05) is 30.3 Å². The maximum absolute atomic E-state index is 12.1. The Balaban J connectivity index is 1.34. The summed E-state index contributed by atoms with van der Waals surface area (Å²) in [7, 11) is 0. The van der Waals surface area contributed by atoms with Crippen molar-refractivity contribution < 1.29 is 14.3 Å². The van der Waals surface area contributed by atoms with Gasteiger partial charge < -0.3 is 9.64 Å². The van der Waals surface area contributed by atoms with Gasteiger partial charge in [-0.15, -0.1) is 0 Å². The van der Waals surface area contributed by atoms with Gasteiger partial charge in [0.05, 0.1) is 6.61 Å². The van der Waals surface area contributed by atoms with Crippen molar-refractivity contribution in [1.29, 1.82) is 0 Å². The molecule has 1 aromatic carbocycles. The summed E-state index contributed by atoms with van der Waals surface area (Å²) in [6.07, 6.45) is 3.35. The van der Waals surface area contributed by atoms with Gasteiger partial charge in [0.1, 0.15) is 6.04 Å². The number of carbonyl (C=O) groups excluding carboxylic acids is 2. The summed E-state index contributed by atoms with van der Waals surface area (Å²) >= 11 is 0. The van der Waals surface area contributed by atoms with E-state index in [4.69, 9.17) is 4.74 Å². The van der Waals surface area contributed by atoms with Crippen molar-refractivity contribution in [1.82, 2.24) is 9.80 Å². The molecule has 1 aromatic rings. The van der Waals surface area contributed by atoms with E-state index in [1.54, 1.807) is 4.90 Å². The van der Waals surface area contributed by atoms with Crippen molar-refractivity contribution in [2.24, 2.45) is 0 Å². The second-order valence-electron chi connectivity index (χ2n) is 5.83. The number of nitrogens with zero attached hydrogens (tertiary/aromatic N) is 2. The number of fused-ring (bicyclic) bond motifs is 1. The van der Waals surface area contributed by atoms with Crippen molar-refractivity contribution in [3.05, 3.63) is 35.9 Å². The molecule has 3 rings (SSSR count). The molecule has 0 bridgehead atoms. The first kappa shape index (κ1) is 15.0. The fourth-order valence-electron chi connectivity index (χ4n) is 3.15. The van der Waals surface area contributed by atoms with Crippen LogP contribution in [0.3, 0.4) is 0 Å². The summed E-state index contributed by atoms with van der Waals surface area (Å²) in [5.41, 5.74) is 1.26. The number of imide groups is 1. The van der Waals surface area contributed by atoms with E-state index >= 15 is 0 Å². The lowest BCUT2D eigenvalue weighted by atomic mass is 10.2. The fraction of sp³-hybridized carbons (Fsp3) is 0.529. The Labute approximate surface area is 130 Å². The van der Waals surface area contributed by atoms with Crippen LogP contribution in [0.2, 0.25) is 0 Å². The number of rotatable bonds is 7. The van der Waals surface area contributed by atoms with Gasteiger partial charge in [-0.2, -0.15) is 0 Å². The molecular formula is C17H22N2O3. The average Bonchev–Trinajstić information content (AvgIpc) is 3.10. The monoisotopic (exact) mass is 302 g/mol. The highest BCUT2D eigenvalue weighted by Gasteiger charge is 2.46. The summed E-state index contributed by atoms with van der Waals surface area (Å²) < 4.78 is 5.60. The van der Waals surface area contributed by atoms with Crippen molar-refractivity contribution in [2.75, 3.05) is 26.3 Å². The lowest BCUT2D eigenvalue weighted by Crippen LogP contribution is -2.34. The standard InChI is InChI=1S/C17H22N2O3/c20-16-15-8-4-10-18(15)17(21)19(16)11-5-12-22-13-9-14-6-2-1-3-7-14/h1-3,6-7,15H,4-5,8-13H2. The molecule has 5 nitrogen and oxygen atoms in total. The third-order valence-corrected chi connectivity index (χ3v) is 4.33. The normalized spacial score (nSPS) is 20.8. The van der Waals surface area contributed by atoms with Crippen LogP contribution in [-0.2, 0) is 16.0 Å². The Hall–Kier alpha value is -1.88. The van der Waals surface area contributed by atoms with Crippen LogP contribution in [0, 0.1) is 0 Å². The zero-order valence-corrected chi connectivity index (χ0v) is 12.7. The Bertz CT molecular complexity index is 510. The van der Waals surface area contributed by atoms with E-state index in [1.165, 1.54) is 10.5 Å². The zero-order chi connectivity index (χ0) is 15.4. The Morgan fingerprint density at radius 1 is 1.14 bits per heavy atom. The van der Waals surface area contributed by atoms with Gasteiger partial charge in [-0.05, 0) is 31.2 Å². The molecule has 5 heteroatoms. The molecular weight excluding hydrogens is 280 g/mol. The van der Waals surface area contributed by atoms with Crippen LogP contribution >= 0.6 is 0 Å². The van der Waals surface area contributed by atoms with E-state index in [2.05, 4.69) is 12.1 Å². The molecule has 3 amide bonds. The minimum absolute atomic E-state index is 0.0215. The molecule has 0 aromatic heterocycles. The van der Waals surface area contributed by atoms with Gasteiger partial charge in [0.15, 0.2) is 0 Å². The van der Waals surface area contributed by atoms with Crippen LogP contribution in [-0.4, -0.2) is 54.1 Å². The minimum Gasteiger partial charge on any atom is -0.381 e.